The van der Waals surface area contributed by atoms with E-state index < -0.39 is 11.7 Å². The van der Waals surface area contributed by atoms with Gasteiger partial charge in [-0.25, -0.2) is 14.8 Å². The van der Waals surface area contributed by atoms with Gasteiger partial charge in [-0.2, -0.15) is 0 Å². The third-order valence-electron chi connectivity index (χ3n) is 3.83. The average molecular weight is 338 g/mol. The first kappa shape index (κ1) is 13.5. The quantitative estimate of drug-likeness (QED) is 0.530. The Hall–Kier alpha value is -2.93. The predicted octanol–water partition coefficient (Wildman–Crippen LogP) is 3.31. The van der Waals surface area contributed by atoms with Crippen molar-refractivity contribution in [1.82, 2.24) is 9.97 Å². The molecule has 0 aliphatic carbocycles. The second kappa shape index (κ2) is 5.04. The molecule has 118 valence electrons. The van der Waals surface area contributed by atoms with Crippen LogP contribution in [0, 0.1) is 0 Å². The lowest BCUT2D eigenvalue weighted by atomic mass is 10.2. The molecule has 0 radical (unpaired) electrons. The van der Waals surface area contributed by atoms with Gasteiger partial charge in [0.25, 0.3) is 0 Å². The fraction of sp³-hybridized carbons (Fsp3) is 0.118. The molecule has 0 N–H and O–H groups in total. The van der Waals surface area contributed by atoms with Gasteiger partial charge in [-0.05, 0) is 24.3 Å². The highest BCUT2D eigenvalue weighted by Gasteiger charge is 2.27. The standard InChI is InChI=1S/C17H10N2O4S/c20-17-14-13(9-4-3-7-18-16(9)24-14)19-15(23-17)12-8-21-10-5-1-2-6-11(10)22-12/h1-7,12H,8H2/t12-/m1/s1. The van der Waals surface area contributed by atoms with E-state index in [9.17, 15) is 4.79 Å². The minimum atomic E-state index is -0.566. The fourth-order valence-corrected chi connectivity index (χ4v) is 3.68. The van der Waals surface area contributed by atoms with Gasteiger partial charge in [0.05, 0.1) is 0 Å². The molecular weight excluding hydrogens is 328 g/mol. The van der Waals surface area contributed by atoms with E-state index in [0.717, 1.165) is 10.2 Å². The third-order valence-corrected chi connectivity index (χ3v) is 4.91. The normalized spacial score (nSPS) is 16.6. The summed E-state index contributed by atoms with van der Waals surface area (Å²) in [5.74, 6) is 1.49. The molecule has 1 aromatic carbocycles. The third kappa shape index (κ3) is 1.98. The SMILES string of the molecule is O=c1oc([C@H]2COc3ccccc3O2)nc2c1sc1ncccc12. The number of hydrogen-bond acceptors (Lipinski definition) is 7. The van der Waals surface area contributed by atoms with Crippen molar-refractivity contribution in [2.24, 2.45) is 0 Å². The van der Waals surface area contributed by atoms with Gasteiger partial charge < -0.3 is 13.9 Å². The zero-order valence-corrected chi connectivity index (χ0v) is 13.1. The molecule has 0 bridgehead atoms. The highest BCUT2D eigenvalue weighted by molar-refractivity contribution is 7.25. The van der Waals surface area contributed by atoms with Crippen molar-refractivity contribution in [3.8, 4) is 11.5 Å². The average Bonchev–Trinajstić information content (AvgIpc) is 3.01. The van der Waals surface area contributed by atoms with Crippen LogP contribution < -0.4 is 15.1 Å². The molecule has 0 unspecified atom stereocenters. The van der Waals surface area contributed by atoms with Crippen molar-refractivity contribution in [2.75, 3.05) is 6.61 Å². The monoisotopic (exact) mass is 338 g/mol. The maximum Gasteiger partial charge on any atom is 0.357 e. The molecule has 1 aliphatic rings. The lowest BCUT2D eigenvalue weighted by molar-refractivity contribution is 0.0685. The maximum atomic E-state index is 12.3. The molecule has 0 spiro atoms. The summed E-state index contributed by atoms with van der Waals surface area (Å²) in [5.41, 5.74) is 0.164. The molecule has 24 heavy (non-hydrogen) atoms. The van der Waals surface area contributed by atoms with Crippen LogP contribution >= 0.6 is 11.3 Å². The highest BCUT2D eigenvalue weighted by atomic mass is 32.1. The Balaban J connectivity index is 1.65. The number of para-hydroxylation sites is 2. The molecule has 5 rings (SSSR count). The summed E-state index contributed by atoms with van der Waals surface area (Å²) in [6.45, 7) is 0.235. The van der Waals surface area contributed by atoms with Crippen molar-refractivity contribution in [3.63, 3.8) is 0 Å². The van der Waals surface area contributed by atoms with Gasteiger partial charge >= 0.3 is 5.63 Å². The molecule has 0 saturated heterocycles. The topological polar surface area (TPSA) is 74.5 Å². The molecule has 0 saturated carbocycles. The number of ether oxygens (including phenoxy) is 2. The van der Waals surface area contributed by atoms with Crippen LogP contribution in [0.5, 0.6) is 11.5 Å². The number of aromatic nitrogens is 2. The van der Waals surface area contributed by atoms with Crippen LogP contribution in [0.4, 0.5) is 0 Å². The van der Waals surface area contributed by atoms with Crippen LogP contribution in [0.15, 0.2) is 51.8 Å². The minimum Gasteiger partial charge on any atom is -0.485 e. The largest absolute Gasteiger partial charge is 0.485 e. The number of nitrogens with zero attached hydrogens (tertiary/aromatic N) is 2. The van der Waals surface area contributed by atoms with E-state index in [1.54, 1.807) is 6.20 Å². The first-order valence-electron chi connectivity index (χ1n) is 7.36. The molecule has 0 amide bonds. The molecule has 1 aliphatic heterocycles. The van der Waals surface area contributed by atoms with Crippen molar-refractivity contribution >= 4 is 31.8 Å². The van der Waals surface area contributed by atoms with Crippen LogP contribution in [0.25, 0.3) is 20.4 Å². The molecule has 3 aromatic heterocycles. The molecule has 6 nitrogen and oxygen atoms in total. The summed E-state index contributed by atoms with van der Waals surface area (Å²) in [4.78, 5) is 21.9. The zero-order valence-electron chi connectivity index (χ0n) is 12.3. The first-order valence-corrected chi connectivity index (χ1v) is 8.18. The summed E-state index contributed by atoms with van der Waals surface area (Å²) >= 11 is 1.28. The number of pyridine rings is 1. The summed E-state index contributed by atoms with van der Waals surface area (Å²) in [6, 6.07) is 11.1. The summed E-state index contributed by atoms with van der Waals surface area (Å²) in [7, 11) is 0. The molecule has 4 aromatic rings. The highest BCUT2D eigenvalue weighted by Crippen LogP contribution is 2.36. The number of benzene rings is 1. The lowest BCUT2D eigenvalue weighted by Crippen LogP contribution is -2.23. The van der Waals surface area contributed by atoms with Crippen LogP contribution in [0.3, 0.4) is 0 Å². The van der Waals surface area contributed by atoms with Gasteiger partial charge in [0.15, 0.2) is 11.5 Å². The Morgan fingerprint density at radius 1 is 1.12 bits per heavy atom. The van der Waals surface area contributed by atoms with Crippen LogP contribution in [0.2, 0.25) is 0 Å². The number of rotatable bonds is 1. The molecule has 0 fully saturated rings. The number of hydrogen-bond donors (Lipinski definition) is 0. The van der Waals surface area contributed by atoms with E-state index in [0.29, 0.717) is 21.7 Å². The Morgan fingerprint density at radius 3 is 2.92 bits per heavy atom. The van der Waals surface area contributed by atoms with Gasteiger partial charge in [-0.1, -0.05) is 12.1 Å². The van der Waals surface area contributed by atoms with Crippen molar-refractivity contribution in [3.05, 3.63) is 58.9 Å². The Labute approximate surface area is 139 Å². The van der Waals surface area contributed by atoms with E-state index in [2.05, 4.69) is 9.97 Å². The Morgan fingerprint density at radius 2 is 2.00 bits per heavy atom. The van der Waals surface area contributed by atoms with Crippen LogP contribution in [-0.4, -0.2) is 16.6 Å². The number of thiophene rings is 1. The van der Waals surface area contributed by atoms with Crippen molar-refractivity contribution in [2.45, 2.75) is 6.10 Å². The zero-order chi connectivity index (χ0) is 16.1. The van der Waals surface area contributed by atoms with Gasteiger partial charge in [-0.15, -0.1) is 11.3 Å². The van der Waals surface area contributed by atoms with E-state index in [-0.39, 0.29) is 12.5 Å². The molecule has 1 atom stereocenters. The van der Waals surface area contributed by atoms with Gasteiger partial charge in [0, 0.05) is 11.6 Å². The summed E-state index contributed by atoms with van der Waals surface area (Å²) in [6.07, 6.45) is 1.12. The Kier molecular flexibility index (Phi) is 2.83. The maximum absolute atomic E-state index is 12.3. The Bertz CT molecular complexity index is 1130. The van der Waals surface area contributed by atoms with Crippen LogP contribution in [0.1, 0.15) is 12.0 Å². The van der Waals surface area contributed by atoms with Crippen molar-refractivity contribution < 1.29 is 13.9 Å². The van der Waals surface area contributed by atoms with E-state index in [4.69, 9.17) is 13.9 Å². The van der Waals surface area contributed by atoms with E-state index >= 15 is 0 Å². The smallest absolute Gasteiger partial charge is 0.357 e. The summed E-state index contributed by atoms with van der Waals surface area (Å²) < 4.78 is 17.4. The number of fused-ring (bicyclic) bond motifs is 4. The van der Waals surface area contributed by atoms with E-state index in [1.807, 2.05) is 36.4 Å². The molecule has 4 heterocycles. The lowest BCUT2D eigenvalue weighted by Gasteiger charge is -2.24. The first-order chi connectivity index (χ1) is 11.8. The van der Waals surface area contributed by atoms with Gasteiger partial charge in [0.1, 0.15) is 21.7 Å². The second-order valence-electron chi connectivity index (χ2n) is 5.34. The van der Waals surface area contributed by atoms with Crippen LogP contribution in [-0.2, 0) is 0 Å². The van der Waals surface area contributed by atoms with Gasteiger partial charge in [0.2, 0.25) is 12.0 Å². The summed E-state index contributed by atoms with van der Waals surface area (Å²) in [5, 5.41) is 0.837. The van der Waals surface area contributed by atoms with Crippen molar-refractivity contribution in [1.29, 1.82) is 0 Å². The van der Waals surface area contributed by atoms with E-state index in [1.165, 1.54) is 11.3 Å². The fourth-order valence-electron chi connectivity index (χ4n) is 2.72. The van der Waals surface area contributed by atoms with Gasteiger partial charge in [-0.3, -0.25) is 0 Å². The predicted molar refractivity (Wildman–Crippen MR) is 88.8 cm³/mol. The second-order valence-corrected chi connectivity index (χ2v) is 6.34. The minimum absolute atomic E-state index is 0.213. The molecular formula is C17H10N2O4S. The molecule has 7 heteroatoms.